The molecule has 0 N–H and O–H groups in total. The van der Waals surface area contributed by atoms with Crippen LogP contribution in [0.3, 0.4) is 0 Å². The first kappa shape index (κ1) is 10.8. The van der Waals surface area contributed by atoms with Gasteiger partial charge < -0.3 is 0 Å². The lowest BCUT2D eigenvalue weighted by Gasteiger charge is -2.00. The van der Waals surface area contributed by atoms with E-state index in [1.165, 1.54) is 5.38 Å². The number of carbonyl (C=O) groups excluding carboxylic acids is 1. The monoisotopic (exact) mass is 240 g/mol. The van der Waals surface area contributed by atoms with Gasteiger partial charge in [-0.05, 0) is 35.3 Å². The van der Waals surface area contributed by atoms with Crippen molar-refractivity contribution >= 4 is 17.3 Å². The molecule has 0 fully saturated rings. The summed E-state index contributed by atoms with van der Waals surface area (Å²) in [6.07, 6.45) is -0.213. The third-order valence-electron chi connectivity index (χ3n) is 2.00. The van der Waals surface area contributed by atoms with Crippen LogP contribution in [0.1, 0.15) is 16.1 Å². The van der Waals surface area contributed by atoms with E-state index in [-0.39, 0.29) is 23.5 Å². The molecule has 0 unspecified atom stereocenters. The average Bonchev–Trinajstić information content (AvgIpc) is 2.76. The van der Waals surface area contributed by atoms with Crippen LogP contribution in [0.25, 0.3) is 0 Å². The van der Waals surface area contributed by atoms with E-state index in [2.05, 4.69) is 9.59 Å². The van der Waals surface area contributed by atoms with Crippen LogP contribution in [-0.4, -0.2) is 15.4 Å². The highest BCUT2D eigenvalue weighted by Crippen LogP contribution is 2.12. The minimum atomic E-state index is -0.599. The molecule has 0 radical (unpaired) electrons. The van der Waals surface area contributed by atoms with Crippen molar-refractivity contribution in [3.8, 4) is 0 Å². The molecule has 0 aliphatic heterocycles. The average molecular weight is 240 g/mol. The van der Waals surface area contributed by atoms with Crippen molar-refractivity contribution in [2.45, 2.75) is 6.42 Å². The summed E-state index contributed by atoms with van der Waals surface area (Å²) in [6, 6.07) is 3.01. The lowest BCUT2D eigenvalue weighted by Crippen LogP contribution is -2.06. The number of carbonyl (C=O) groups is 1. The van der Waals surface area contributed by atoms with Crippen molar-refractivity contribution in [2.75, 3.05) is 0 Å². The highest BCUT2D eigenvalue weighted by molar-refractivity contribution is 7.03. The summed E-state index contributed by atoms with van der Waals surface area (Å²) in [7, 11) is 0. The van der Waals surface area contributed by atoms with Gasteiger partial charge in [0, 0.05) is 11.8 Å². The van der Waals surface area contributed by atoms with Crippen LogP contribution in [0.15, 0.2) is 23.6 Å². The molecular weight excluding hydrogens is 234 g/mol. The zero-order chi connectivity index (χ0) is 11.5. The maximum absolute atomic E-state index is 13.2. The van der Waals surface area contributed by atoms with E-state index in [0.717, 1.165) is 29.7 Å². The Balaban J connectivity index is 2.21. The Kier molecular flexibility index (Phi) is 3.00. The number of ketones is 1. The van der Waals surface area contributed by atoms with Gasteiger partial charge in [-0.3, -0.25) is 4.79 Å². The molecule has 1 heterocycles. The summed E-state index contributed by atoms with van der Waals surface area (Å²) < 4.78 is 29.6. The van der Waals surface area contributed by atoms with Crippen LogP contribution in [-0.2, 0) is 6.42 Å². The molecule has 0 amide bonds. The third kappa shape index (κ3) is 2.27. The van der Waals surface area contributed by atoms with Crippen LogP contribution >= 0.6 is 11.5 Å². The van der Waals surface area contributed by atoms with Crippen molar-refractivity contribution in [1.29, 1.82) is 0 Å². The Hall–Kier alpha value is -1.69. The second-order valence-electron chi connectivity index (χ2n) is 3.13. The Morgan fingerprint density at radius 1 is 1.38 bits per heavy atom. The molecule has 1 aromatic carbocycles. The van der Waals surface area contributed by atoms with Gasteiger partial charge in [0.25, 0.3) is 0 Å². The predicted octanol–water partition coefficient (Wildman–Crippen LogP) is 2.24. The number of halogens is 2. The van der Waals surface area contributed by atoms with E-state index < -0.39 is 11.6 Å². The molecule has 0 aliphatic carbocycles. The Bertz CT molecular complexity index is 514. The predicted molar refractivity (Wildman–Crippen MR) is 54.3 cm³/mol. The molecule has 82 valence electrons. The number of hydrogen-bond acceptors (Lipinski definition) is 4. The first-order valence-corrected chi connectivity index (χ1v) is 5.24. The topological polar surface area (TPSA) is 42.9 Å². The largest absolute Gasteiger partial charge is 0.292 e. The van der Waals surface area contributed by atoms with Crippen molar-refractivity contribution in [3.63, 3.8) is 0 Å². The molecule has 0 spiro atoms. The summed E-state index contributed by atoms with van der Waals surface area (Å²) in [5, 5.41) is 5.04. The highest BCUT2D eigenvalue weighted by Gasteiger charge is 2.13. The SMILES string of the molecule is O=C(Cc1cc(F)ccc1F)c1csnn1. The Morgan fingerprint density at radius 3 is 2.88 bits per heavy atom. The molecule has 3 nitrogen and oxygen atoms in total. The molecule has 0 saturated carbocycles. The molecule has 2 rings (SSSR count). The van der Waals surface area contributed by atoms with Crippen LogP contribution in [0.4, 0.5) is 8.78 Å². The quantitative estimate of drug-likeness (QED) is 0.773. The summed E-state index contributed by atoms with van der Waals surface area (Å²) in [6.45, 7) is 0. The van der Waals surface area contributed by atoms with Crippen molar-refractivity contribution in [3.05, 3.63) is 46.5 Å². The molecule has 0 bridgehead atoms. The lowest BCUT2D eigenvalue weighted by molar-refractivity contribution is 0.0987. The summed E-state index contributed by atoms with van der Waals surface area (Å²) >= 11 is 1.04. The molecular formula is C10H6F2N2OS. The number of nitrogens with zero attached hydrogens (tertiary/aromatic N) is 2. The molecule has 0 aliphatic rings. The minimum absolute atomic E-state index is 0.0259. The first-order chi connectivity index (χ1) is 7.66. The molecule has 1 aromatic heterocycles. The standard InChI is InChI=1S/C10H6F2N2OS/c11-7-1-2-8(12)6(3-7)4-10(15)9-5-16-14-13-9/h1-3,5H,4H2. The number of rotatable bonds is 3. The first-order valence-electron chi connectivity index (χ1n) is 4.41. The second-order valence-corrected chi connectivity index (χ2v) is 3.74. The Labute approximate surface area is 93.9 Å². The molecule has 0 saturated heterocycles. The maximum Gasteiger partial charge on any atom is 0.188 e. The van der Waals surface area contributed by atoms with E-state index in [0.29, 0.717) is 0 Å². The van der Waals surface area contributed by atoms with Gasteiger partial charge in [0.2, 0.25) is 0 Å². The minimum Gasteiger partial charge on any atom is -0.292 e. The molecule has 0 atom stereocenters. The highest BCUT2D eigenvalue weighted by atomic mass is 32.1. The fourth-order valence-electron chi connectivity index (χ4n) is 1.23. The van der Waals surface area contributed by atoms with Gasteiger partial charge in [-0.15, -0.1) is 5.10 Å². The zero-order valence-corrected chi connectivity index (χ0v) is 8.80. The van der Waals surface area contributed by atoms with Gasteiger partial charge in [0.05, 0.1) is 0 Å². The van der Waals surface area contributed by atoms with Gasteiger partial charge in [0.1, 0.15) is 17.3 Å². The van der Waals surface area contributed by atoms with Crippen molar-refractivity contribution < 1.29 is 13.6 Å². The van der Waals surface area contributed by atoms with E-state index >= 15 is 0 Å². The summed E-state index contributed by atoms with van der Waals surface area (Å²) in [5.74, 6) is -1.54. The van der Waals surface area contributed by atoms with E-state index in [4.69, 9.17) is 0 Å². The van der Waals surface area contributed by atoms with Crippen molar-refractivity contribution in [2.24, 2.45) is 0 Å². The third-order valence-corrected chi connectivity index (χ3v) is 2.51. The second kappa shape index (κ2) is 4.44. The zero-order valence-electron chi connectivity index (χ0n) is 7.98. The van der Waals surface area contributed by atoms with Crippen LogP contribution < -0.4 is 0 Å². The van der Waals surface area contributed by atoms with Crippen LogP contribution in [0, 0.1) is 11.6 Å². The van der Waals surface area contributed by atoms with E-state index in [1.807, 2.05) is 0 Å². The Morgan fingerprint density at radius 2 is 2.19 bits per heavy atom. The van der Waals surface area contributed by atoms with Gasteiger partial charge >= 0.3 is 0 Å². The van der Waals surface area contributed by atoms with Gasteiger partial charge in [-0.1, -0.05) is 4.49 Å². The summed E-state index contributed by atoms with van der Waals surface area (Å²) in [4.78, 5) is 11.6. The summed E-state index contributed by atoms with van der Waals surface area (Å²) in [5.41, 5.74) is 0.201. The van der Waals surface area contributed by atoms with Gasteiger partial charge in [-0.2, -0.15) is 0 Å². The van der Waals surface area contributed by atoms with E-state index in [9.17, 15) is 13.6 Å². The van der Waals surface area contributed by atoms with Gasteiger partial charge in [0.15, 0.2) is 5.78 Å². The van der Waals surface area contributed by atoms with Crippen molar-refractivity contribution in [1.82, 2.24) is 9.59 Å². The fraction of sp³-hybridized carbons (Fsp3) is 0.100. The molecule has 16 heavy (non-hydrogen) atoms. The lowest BCUT2D eigenvalue weighted by atomic mass is 10.1. The molecule has 6 heteroatoms. The maximum atomic E-state index is 13.2. The number of aromatic nitrogens is 2. The molecule has 2 aromatic rings. The van der Waals surface area contributed by atoms with Crippen LogP contribution in [0.5, 0.6) is 0 Å². The van der Waals surface area contributed by atoms with E-state index in [1.54, 1.807) is 0 Å². The fourth-order valence-corrected chi connectivity index (χ4v) is 1.69. The normalized spacial score (nSPS) is 10.4. The number of benzene rings is 1. The number of hydrogen-bond donors (Lipinski definition) is 0. The van der Waals surface area contributed by atoms with Gasteiger partial charge in [-0.25, -0.2) is 8.78 Å². The van der Waals surface area contributed by atoms with Crippen LogP contribution in [0.2, 0.25) is 0 Å². The smallest absolute Gasteiger partial charge is 0.188 e. The number of Topliss-reactive ketones (excluding diaryl/α,β-unsaturated/α-hetero) is 1.